The molecule has 0 heterocycles. The Morgan fingerprint density at radius 3 is 2.29 bits per heavy atom. The highest BCUT2D eigenvalue weighted by atomic mass is 16.5. The molecule has 0 radical (unpaired) electrons. The summed E-state index contributed by atoms with van der Waals surface area (Å²) in [5.41, 5.74) is 2.67. The maximum absolute atomic E-state index is 5.62. The number of ether oxygens (including phenoxy) is 1. The normalized spacial score (nSPS) is 13.0. The van der Waals surface area contributed by atoms with Crippen LogP contribution in [0.2, 0.25) is 0 Å². The van der Waals surface area contributed by atoms with E-state index in [-0.39, 0.29) is 0 Å². The lowest BCUT2D eigenvalue weighted by atomic mass is 9.81. The van der Waals surface area contributed by atoms with E-state index in [2.05, 4.69) is 58.1 Å². The first-order valence-electron chi connectivity index (χ1n) is 8.38. The van der Waals surface area contributed by atoms with Crippen molar-refractivity contribution in [3.8, 4) is 5.75 Å². The number of hydrogen-bond acceptors (Lipinski definition) is 2. The van der Waals surface area contributed by atoms with Gasteiger partial charge in [0, 0.05) is 12.5 Å². The highest BCUT2D eigenvalue weighted by Crippen LogP contribution is 2.35. The summed E-state index contributed by atoms with van der Waals surface area (Å²) in [6.45, 7) is 13.4. The molecule has 1 N–H and O–H groups in total. The second-order valence-corrected chi connectivity index (χ2v) is 6.48. The Morgan fingerprint density at radius 1 is 1.10 bits per heavy atom. The fourth-order valence-electron chi connectivity index (χ4n) is 3.06. The minimum Gasteiger partial charge on any atom is -0.496 e. The molecule has 0 aliphatic carbocycles. The lowest BCUT2D eigenvalue weighted by molar-refractivity contribution is 0.352. The topological polar surface area (TPSA) is 21.3 Å². The third-order valence-electron chi connectivity index (χ3n) is 4.32. The lowest BCUT2D eigenvalue weighted by Gasteiger charge is -2.28. The third kappa shape index (κ3) is 5.35. The Labute approximate surface area is 131 Å². The van der Waals surface area contributed by atoms with E-state index in [0.717, 1.165) is 18.8 Å². The zero-order valence-corrected chi connectivity index (χ0v) is 14.7. The summed E-state index contributed by atoms with van der Waals surface area (Å²) in [5, 5.41) is 3.65. The van der Waals surface area contributed by atoms with E-state index < -0.39 is 0 Å². The molecule has 1 aromatic rings. The molecule has 0 saturated heterocycles. The van der Waals surface area contributed by atoms with Crippen molar-refractivity contribution in [1.82, 2.24) is 5.32 Å². The fourth-order valence-corrected chi connectivity index (χ4v) is 3.06. The van der Waals surface area contributed by atoms with E-state index in [9.17, 15) is 0 Å². The maximum Gasteiger partial charge on any atom is 0.122 e. The number of rotatable bonds is 9. The molecule has 0 fully saturated rings. The SMILES string of the molecule is CCC(CC)C(CNCC(C)C)c1cc(C)ccc1OC. The number of methoxy groups -OCH3 is 1. The van der Waals surface area contributed by atoms with Crippen LogP contribution in [0.1, 0.15) is 57.6 Å². The van der Waals surface area contributed by atoms with Gasteiger partial charge in [0.2, 0.25) is 0 Å². The van der Waals surface area contributed by atoms with Crippen molar-refractivity contribution >= 4 is 0 Å². The van der Waals surface area contributed by atoms with Crippen LogP contribution < -0.4 is 10.1 Å². The Morgan fingerprint density at radius 2 is 1.76 bits per heavy atom. The predicted molar refractivity (Wildman–Crippen MR) is 92.3 cm³/mol. The minimum absolute atomic E-state index is 0.522. The van der Waals surface area contributed by atoms with Crippen molar-refractivity contribution in [3.63, 3.8) is 0 Å². The summed E-state index contributed by atoms with van der Waals surface area (Å²) in [6.07, 6.45) is 2.42. The highest BCUT2D eigenvalue weighted by molar-refractivity contribution is 5.40. The molecule has 2 heteroatoms. The molecular formula is C19H33NO. The first-order chi connectivity index (χ1) is 10.0. The number of benzene rings is 1. The average Bonchev–Trinajstić information content (AvgIpc) is 2.46. The van der Waals surface area contributed by atoms with Gasteiger partial charge < -0.3 is 10.1 Å². The second-order valence-electron chi connectivity index (χ2n) is 6.48. The van der Waals surface area contributed by atoms with Gasteiger partial charge in [-0.1, -0.05) is 58.2 Å². The van der Waals surface area contributed by atoms with Gasteiger partial charge in [-0.2, -0.15) is 0 Å². The van der Waals surface area contributed by atoms with Crippen molar-refractivity contribution in [1.29, 1.82) is 0 Å². The van der Waals surface area contributed by atoms with E-state index in [4.69, 9.17) is 4.74 Å². The summed E-state index contributed by atoms with van der Waals surface area (Å²) in [7, 11) is 1.78. The van der Waals surface area contributed by atoms with E-state index in [0.29, 0.717) is 17.8 Å². The molecule has 0 saturated carbocycles. The zero-order chi connectivity index (χ0) is 15.8. The zero-order valence-electron chi connectivity index (χ0n) is 14.7. The van der Waals surface area contributed by atoms with Crippen LogP contribution in [-0.2, 0) is 0 Å². The Kier molecular flexibility index (Phi) is 7.81. The largest absolute Gasteiger partial charge is 0.496 e. The van der Waals surface area contributed by atoms with Gasteiger partial charge in [-0.25, -0.2) is 0 Å². The lowest BCUT2D eigenvalue weighted by Crippen LogP contribution is -2.29. The number of nitrogens with one attached hydrogen (secondary N) is 1. The third-order valence-corrected chi connectivity index (χ3v) is 4.32. The number of hydrogen-bond donors (Lipinski definition) is 1. The molecule has 2 nitrogen and oxygen atoms in total. The predicted octanol–water partition coefficient (Wildman–Crippen LogP) is 4.77. The summed E-state index contributed by atoms with van der Waals surface area (Å²) in [4.78, 5) is 0. The Balaban J connectivity index is 3.01. The minimum atomic E-state index is 0.522. The van der Waals surface area contributed by atoms with E-state index in [1.807, 2.05) is 0 Å². The van der Waals surface area contributed by atoms with Crippen molar-refractivity contribution in [2.75, 3.05) is 20.2 Å². The standard InChI is InChI=1S/C19H33NO/c1-7-16(8-2)18(13-20-12-14(3)4)17-11-15(5)9-10-19(17)21-6/h9-11,14,16,18,20H,7-8,12-13H2,1-6H3. The smallest absolute Gasteiger partial charge is 0.122 e. The molecule has 21 heavy (non-hydrogen) atoms. The molecule has 0 aliphatic heterocycles. The summed E-state index contributed by atoms with van der Waals surface area (Å²) in [6, 6.07) is 6.55. The average molecular weight is 291 g/mol. The second kappa shape index (κ2) is 9.09. The van der Waals surface area contributed by atoms with Gasteiger partial charge in [0.25, 0.3) is 0 Å². The monoisotopic (exact) mass is 291 g/mol. The summed E-state index contributed by atoms with van der Waals surface area (Å²) in [5.74, 6) is 2.93. The van der Waals surface area contributed by atoms with E-state index in [1.165, 1.54) is 24.0 Å². The molecule has 1 rings (SSSR count). The summed E-state index contributed by atoms with van der Waals surface area (Å²) >= 11 is 0. The first kappa shape index (κ1) is 18.0. The molecule has 0 spiro atoms. The van der Waals surface area contributed by atoms with Crippen LogP contribution in [0.5, 0.6) is 5.75 Å². The van der Waals surface area contributed by atoms with Gasteiger partial charge in [-0.3, -0.25) is 0 Å². The fraction of sp³-hybridized carbons (Fsp3) is 0.684. The first-order valence-corrected chi connectivity index (χ1v) is 8.38. The van der Waals surface area contributed by atoms with Crippen molar-refractivity contribution < 1.29 is 4.74 Å². The van der Waals surface area contributed by atoms with Gasteiger partial charge in [-0.15, -0.1) is 0 Å². The summed E-state index contributed by atoms with van der Waals surface area (Å²) < 4.78 is 5.62. The Hall–Kier alpha value is -1.02. The van der Waals surface area contributed by atoms with Gasteiger partial charge in [0.05, 0.1) is 7.11 Å². The van der Waals surface area contributed by atoms with Crippen LogP contribution in [0, 0.1) is 18.8 Å². The van der Waals surface area contributed by atoms with E-state index >= 15 is 0 Å². The van der Waals surface area contributed by atoms with Crippen LogP contribution in [0.3, 0.4) is 0 Å². The molecule has 0 bridgehead atoms. The maximum atomic E-state index is 5.62. The van der Waals surface area contributed by atoms with Gasteiger partial charge >= 0.3 is 0 Å². The highest BCUT2D eigenvalue weighted by Gasteiger charge is 2.23. The van der Waals surface area contributed by atoms with Crippen molar-refractivity contribution in [3.05, 3.63) is 29.3 Å². The Bertz CT molecular complexity index is 410. The molecule has 1 aromatic carbocycles. The van der Waals surface area contributed by atoms with Crippen LogP contribution in [0.15, 0.2) is 18.2 Å². The van der Waals surface area contributed by atoms with Gasteiger partial charge in [-0.05, 0) is 36.9 Å². The molecule has 1 atom stereocenters. The van der Waals surface area contributed by atoms with Crippen LogP contribution in [-0.4, -0.2) is 20.2 Å². The number of aryl methyl sites for hydroxylation is 1. The molecule has 0 aliphatic rings. The van der Waals surface area contributed by atoms with Crippen LogP contribution in [0.25, 0.3) is 0 Å². The van der Waals surface area contributed by atoms with Crippen LogP contribution >= 0.6 is 0 Å². The molecule has 1 unspecified atom stereocenters. The molecule has 0 aromatic heterocycles. The molecular weight excluding hydrogens is 258 g/mol. The van der Waals surface area contributed by atoms with E-state index in [1.54, 1.807) is 7.11 Å². The molecule has 120 valence electrons. The van der Waals surface area contributed by atoms with Crippen molar-refractivity contribution in [2.45, 2.75) is 53.4 Å². The van der Waals surface area contributed by atoms with Gasteiger partial charge in [0.15, 0.2) is 0 Å². The molecule has 0 amide bonds. The van der Waals surface area contributed by atoms with Gasteiger partial charge in [0.1, 0.15) is 5.75 Å². The van der Waals surface area contributed by atoms with Crippen molar-refractivity contribution in [2.24, 2.45) is 11.8 Å². The quantitative estimate of drug-likeness (QED) is 0.707. The van der Waals surface area contributed by atoms with Crippen LogP contribution in [0.4, 0.5) is 0 Å².